The number of carbonyl (C=O) groups is 2. The van der Waals surface area contributed by atoms with Gasteiger partial charge in [0.1, 0.15) is 11.6 Å². The Morgan fingerprint density at radius 3 is 2.58 bits per heavy atom. The molecule has 0 unspecified atom stereocenters. The predicted molar refractivity (Wildman–Crippen MR) is 125 cm³/mol. The van der Waals surface area contributed by atoms with E-state index >= 15 is 0 Å². The lowest BCUT2D eigenvalue weighted by Gasteiger charge is -2.15. The summed E-state index contributed by atoms with van der Waals surface area (Å²) < 4.78 is 20.2. The van der Waals surface area contributed by atoms with Crippen LogP contribution < -0.4 is 15.4 Å². The minimum absolute atomic E-state index is 0.0681. The van der Waals surface area contributed by atoms with Crippen molar-refractivity contribution in [3.05, 3.63) is 64.7 Å². The van der Waals surface area contributed by atoms with Crippen molar-refractivity contribution in [1.82, 2.24) is 20.1 Å². The first-order valence-electron chi connectivity index (χ1n) is 10.1. The number of hydrogen-bond acceptors (Lipinski definition) is 6. The molecule has 2 N–H and O–H groups in total. The second-order valence-electron chi connectivity index (χ2n) is 6.97. The van der Waals surface area contributed by atoms with Crippen molar-refractivity contribution >= 4 is 40.9 Å². The van der Waals surface area contributed by atoms with Gasteiger partial charge in [0.15, 0.2) is 11.0 Å². The van der Waals surface area contributed by atoms with Crippen molar-refractivity contribution in [1.29, 1.82) is 0 Å². The van der Waals surface area contributed by atoms with Gasteiger partial charge in [0.2, 0.25) is 5.91 Å². The van der Waals surface area contributed by atoms with Crippen LogP contribution in [0.4, 0.5) is 10.1 Å². The zero-order valence-electron chi connectivity index (χ0n) is 18.3. The molecule has 0 saturated carbocycles. The first-order chi connectivity index (χ1) is 15.8. The highest BCUT2D eigenvalue weighted by Gasteiger charge is 2.20. The molecule has 0 aliphatic carbocycles. The van der Waals surface area contributed by atoms with Gasteiger partial charge in [-0.15, -0.1) is 10.2 Å². The molecule has 8 nitrogen and oxygen atoms in total. The van der Waals surface area contributed by atoms with Crippen molar-refractivity contribution in [3.8, 4) is 5.75 Å². The van der Waals surface area contributed by atoms with E-state index in [1.807, 2.05) is 18.4 Å². The first kappa shape index (κ1) is 24.5. The van der Waals surface area contributed by atoms with Crippen LogP contribution in [0, 0.1) is 5.82 Å². The third-order valence-corrected chi connectivity index (χ3v) is 5.94. The van der Waals surface area contributed by atoms with Crippen LogP contribution in [0.15, 0.2) is 47.6 Å². The van der Waals surface area contributed by atoms with Crippen LogP contribution in [0.3, 0.4) is 0 Å². The number of anilines is 1. The Bertz CT molecular complexity index is 1140. The zero-order chi connectivity index (χ0) is 24.0. The van der Waals surface area contributed by atoms with E-state index in [9.17, 15) is 14.0 Å². The average Bonchev–Trinajstić information content (AvgIpc) is 3.23. The molecule has 174 valence electrons. The number of nitrogens with one attached hydrogen (secondary N) is 2. The van der Waals surface area contributed by atoms with Crippen molar-refractivity contribution in [2.45, 2.75) is 31.6 Å². The second kappa shape index (κ2) is 11.2. The minimum Gasteiger partial charge on any atom is -0.497 e. The first-order valence-corrected chi connectivity index (χ1v) is 11.4. The Labute approximate surface area is 199 Å². The number of carbonyl (C=O) groups excluding carboxylic acids is 2. The highest BCUT2D eigenvalue weighted by molar-refractivity contribution is 7.99. The summed E-state index contributed by atoms with van der Waals surface area (Å²) in [5.74, 6) is 0.213. The van der Waals surface area contributed by atoms with Gasteiger partial charge in [0.05, 0.1) is 23.9 Å². The fraction of sp³-hybridized carbons (Fsp3) is 0.273. The zero-order valence-corrected chi connectivity index (χ0v) is 19.8. The summed E-state index contributed by atoms with van der Waals surface area (Å²) in [6.45, 7) is 4.30. The van der Waals surface area contributed by atoms with E-state index < -0.39 is 11.9 Å². The number of rotatable bonds is 9. The van der Waals surface area contributed by atoms with Gasteiger partial charge < -0.3 is 19.9 Å². The van der Waals surface area contributed by atoms with Crippen LogP contribution in [0.1, 0.15) is 36.1 Å². The van der Waals surface area contributed by atoms with E-state index in [-0.39, 0.29) is 22.6 Å². The molecule has 0 aliphatic rings. The Kier molecular flexibility index (Phi) is 8.29. The van der Waals surface area contributed by atoms with Crippen molar-refractivity contribution in [2.24, 2.45) is 0 Å². The number of amides is 2. The molecule has 1 heterocycles. The molecule has 33 heavy (non-hydrogen) atoms. The average molecular weight is 492 g/mol. The maximum absolute atomic E-state index is 13.3. The Balaban J connectivity index is 1.61. The molecule has 0 fully saturated rings. The van der Waals surface area contributed by atoms with E-state index in [4.69, 9.17) is 16.3 Å². The van der Waals surface area contributed by atoms with Gasteiger partial charge in [-0.25, -0.2) is 4.39 Å². The lowest BCUT2D eigenvalue weighted by molar-refractivity contribution is -0.113. The molecule has 1 aromatic heterocycles. The van der Waals surface area contributed by atoms with Gasteiger partial charge in [0, 0.05) is 17.8 Å². The molecule has 3 aromatic rings. The number of nitrogens with zero attached hydrogens (tertiary/aromatic N) is 3. The molecule has 1 atom stereocenters. The molecule has 2 aromatic carbocycles. The number of ether oxygens (including phenoxy) is 1. The summed E-state index contributed by atoms with van der Waals surface area (Å²) in [7, 11) is 1.56. The lowest BCUT2D eigenvalue weighted by Crippen LogP contribution is -2.28. The number of hydrogen-bond donors (Lipinski definition) is 2. The predicted octanol–water partition coefficient (Wildman–Crippen LogP) is 4.32. The van der Waals surface area contributed by atoms with Gasteiger partial charge in [-0.2, -0.15) is 0 Å². The molecule has 0 spiro atoms. The van der Waals surface area contributed by atoms with Gasteiger partial charge in [-0.3, -0.25) is 9.59 Å². The number of aromatic nitrogens is 3. The van der Waals surface area contributed by atoms with E-state index in [0.717, 1.165) is 0 Å². The monoisotopic (exact) mass is 491 g/mol. The molecular weight excluding hydrogens is 469 g/mol. The summed E-state index contributed by atoms with van der Waals surface area (Å²) in [5, 5.41) is 14.4. The largest absolute Gasteiger partial charge is 0.497 e. The van der Waals surface area contributed by atoms with E-state index in [1.54, 1.807) is 31.4 Å². The molecule has 3 rings (SSSR count). The van der Waals surface area contributed by atoms with Gasteiger partial charge in [0.25, 0.3) is 5.91 Å². The fourth-order valence-corrected chi connectivity index (χ4v) is 4.00. The van der Waals surface area contributed by atoms with E-state index in [2.05, 4.69) is 20.8 Å². The molecule has 0 aliphatic heterocycles. The third kappa shape index (κ3) is 6.23. The Morgan fingerprint density at radius 1 is 1.21 bits per heavy atom. The highest BCUT2D eigenvalue weighted by Crippen LogP contribution is 2.23. The quantitative estimate of drug-likeness (QED) is 0.432. The molecule has 0 radical (unpaired) electrons. The Hall–Kier alpha value is -3.11. The van der Waals surface area contributed by atoms with Crippen LogP contribution in [-0.2, 0) is 11.3 Å². The standard InChI is InChI=1S/C22H23ClFN5O3S/c1-4-29-20(13(2)25-21(31)14-5-8-16(32-3)9-6-14)27-28-22(29)33-12-19(30)26-15-7-10-18(24)17(23)11-15/h5-11,13H,4,12H2,1-3H3,(H,25,31)(H,26,30)/t13-/m0/s1. The van der Waals surface area contributed by atoms with Crippen molar-refractivity contribution in [3.63, 3.8) is 0 Å². The van der Waals surface area contributed by atoms with Gasteiger partial charge >= 0.3 is 0 Å². The van der Waals surface area contributed by atoms with Crippen molar-refractivity contribution < 1.29 is 18.7 Å². The normalized spacial score (nSPS) is 11.7. The van der Waals surface area contributed by atoms with Crippen LogP contribution in [0.5, 0.6) is 5.75 Å². The summed E-state index contributed by atoms with van der Waals surface area (Å²) in [6.07, 6.45) is 0. The van der Waals surface area contributed by atoms with Crippen LogP contribution in [0.2, 0.25) is 5.02 Å². The smallest absolute Gasteiger partial charge is 0.251 e. The number of halogens is 2. The molecule has 0 bridgehead atoms. The fourth-order valence-electron chi connectivity index (χ4n) is 3.01. The Morgan fingerprint density at radius 2 is 1.94 bits per heavy atom. The summed E-state index contributed by atoms with van der Waals surface area (Å²) in [4.78, 5) is 24.8. The SMILES string of the molecule is CCn1c(SCC(=O)Nc2ccc(F)c(Cl)c2)nnc1[C@H](C)NC(=O)c1ccc(OC)cc1. The summed E-state index contributed by atoms with van der Waals surface area (Å²) in [5.41, 5.74) is 0.900. The maximum atomic E-state index is 13.3. The number of methoxy groups -OCH3 is 1. The van der Waals surface area contributed by atoms with Crippen LogP contribution >= 0.6 is 23.4 Å². The topological polar surface area (TPSA) is 98.1 Å². The molecule has 11 heteroatoms. The summed E-state index contributed by atoms with van der Waals surface area (Å²) >= 11 is 6.95. The third-order valence-electron chi connectivity index (χ3n) is 4.68. The van der Waals surface area contributed by atoms with E-state index in [0.29, 0.717) is 34.5 Å². The van der Waals surface area contributed by atoms with Crippen molar-refractivity contribution in [2.75, 3.05) is 18.2 Å². The molecular formula is C22H23ClFN5O3S. The van der Waals surface area contributed by atoms with Crippen LogP contribution in [-0.4, -0.2) is 39.4 Å². The highest BCUT2D eigenvalue weighted by atomic mass is 35.5. The summed E-state index contributed by atoms with van der Waals surface area (Å²) in [6, 6.07) is 10.4. The maximum Gasteiger partial charge on any atom is 0.251 e. The second-order valence-corrected chi connectivity index (χ2v) is 8.32. The van der Waals surface area contributed by atoms with Gasteiger partial charge in [-0.05, 0) is 56.3 Å². The van der Waals surface area contributed by atoms with E-state index in [1.165, 1.54) is 30.0 Å². The lowest BCUT2D eigenvalue weighted by atomic mass is 10.2. The number of benzene rings is 2. The number of thioether (sulfide) groups is 1. The van der Waals surface area contributed by atoms with Crippen LogP contribution in [0.25, 0.3) is 0 Å². The minimum atomic E-state index is -0.555. The molecule has 2 amide bonds. The van der Waals surface area contributed by atoms with Gasteiger partial charge in [-0.1, -0.05) is 23.4 Å². The molecule has 0 saturated heterocycles.